The number of benzene rings is 1. The second-order valence-corrected chi connectivity index (χ2v) is 5.27. The highest BCUT2D eigenvalue weighted by molar-refractivity contribution is 5.21. The van der Waals surface area contributed by atoms with Gasteiger partial charge in [0.1, 0.15) is 18.3 Å². The Morgan fingerprint density at radius 2 is 1.70 bits per heavy atom. The molecule has 0 bridgehead atoms. The van der Waals surface area contributed by atoms with E-state index in [0.717, 1.165) is 5.56 Å². The first-order valence-electron chi connectivity index (χ1n) is 6.73. The van der Waals surface area contributed by atoms with Crippen LogP contribution in [0.15, 0.2) is 24.3 Å². The predicted molar refractivity (Wildman–Crippen MR) is 73.8 cm³/mol. The van der Waals surface area contributed by atoms with E-state index < -0.39 is 30.5 Å². The Hall–Kier alpha value is -1.02. The molecule has 1 aliphatic rings. The number of rotatable bonds is 4. The third-order valence-electron chi connectivity index (χ3n) is 3.69. The summed E-state index contributed by atoms with van der Waals surface area (Å²) in [5.74, 6) is 0. The molecule has 6 nitrogen and oxygen atoms in total. The van der Waals surface area contributed by atoms with Crippen molar-refractivity contribution in [3.63, 3.8) is 0 Å². The average Bonchev–Trinajstić information content (AvgIpc) is 2.46. The van der Waals surface area contributed by atoms with E-state index in [1.165, 1.54) is 5.56 Å². The molecule has 0 aliphatic carbocycles. The molecule has 5 atom stereocenters. The van der Waals surface area contributed by atoms with Crippen LogP contribution in [0.5, 0.6) is 0 Å². The molecule has 0 aromatic heterocycles. The maximum absolute atomic E-state index is 9.93. The van der Waals surface area contributed by atoms with Gasteiger partial charge in [0, 0.05) is 6.54 Å². The van der Waals surface area contributed by atoms with Gasteiger partial charge in [0.15, 0.2) is 0 Å². The zero-order valence-corrected chi connectivity index (χ0v) is 11.4. The normalized spacial score (nSPS) is 34.1. The summed E-state index contributed by atoms with van der Waals surface area (Å²) < 4.78 is 0. The van der Waals surface area contributed by atoms with Gasteiger partial charge in [0.2, 0.25) is 0 Å². The highest BCUT2D eigenvalue weighted by atomic mass is 16.4. The third kappa shape index (κ3) is 3.35. The summed E-state index contributed by atoms with van der Waals surface area (Å²) in [6, 6.07) is 7.29. The molecule has 1 aliphatic heterocycles. The monoisotopic (exact) mass is 282 g/mol. The van der Waals surface area contributed by atoms with Crippen molar-refractivity contribution in [2.75, 3.05) is 6.61 Å². The third-order valence-corrected chi connectivity index (χ3v) is 3.69. The van der Waals surface area contributed by atoms with Gasteiger partial charge < -0.3 is 20.4 Å². The maximum atomic E-state index is 9.93. The van der Waals surface area contributed by atoms with Crippen molar-refractivity contribution in [1.82, 2.24) is 10.6 Å². The summed E-state index contributed by atoms with van der Waals surface area (Å²) in [7, 11) is 0. The number of piperidine rings is 1. The van der Waals surface area contributed by atoms with Crippen LogP contribution >= 0.6 is 0 Å². The van der Waals surface area contributed by atoms with E-state index in [0.29, 0.717) is 6.54 Å². The van der Waals surface area contributed by atoms with E-state index in [9.17, 15) is 15.3 Å². The van der Waals surface area contributed by atoms with Crippen molar-refractivity contribution >= 4 is 0 Å². The van der Waals surface area contributed by atoms with Crippen molar-refractivity contribution in [2.24, 2.45) is 0 Å². The Kier molecular flexibility index (Phi) is 5.09. The summed E-state index contributed by atoms with van der Waals surface area (Å²) in [6.07, 6.45) is -4.21. The molecule has 1 heterocycles. The Morgan fingerprint density at radius 1 is 1.05 bits per heavy atom. The van der Waals surface area contributed by atoms with Crippen LogP contribution in [0.3, 0.4) is 0 Å². The van der Waals surface area contributed by atoms with Crippen LogP contribution in [0.25, 0.3) is 0 Å². The number of aliphatic hydroxyl groups excluding tert-OH is 4. The second kappa shape index (κ2) is 6.62. The maximum Gasteiger partial charge on any atom is 0.111 e. The van der Waals surface area contributed by atoms with Crippen LogP contribution in [-0.4, -0.2) is 57.6 Å². The molecule has 6 heteroatoms. The van der Waals surface area contributed by atoms with E-state index in [2.05, 4.69) is 10.6 Å². The Balaban J connectivity index is 1.95. The SMILES string of the molecule is Cc1ccc(CN[C@@H]2NC(CO)[C@@H](O)[C@H](O)C2O)cc1. The van der Waals surface area contributed by atoms with Crippen molar-refractivity contribution in [3.8, 4) is 0 Å². The minimum atomic E-state index is -1.29. The molecule has 2 unspecified atom stereocenters. The topological polar surface area (TPSA) is 105 Å². The molecular formula is C14H22N2O4. The molecule has 2 rings (SSSR count). The molecule has 1 saturated heterocycles. The van der Waals surface area contributed by atoms with Gasteiger partial charge in [-0.25, -0.2) is 0 Å². The predicted octanol–water partition coefficient (Wildman–Crippen LogP) is -1.54. The molecule has 112 valence electrons. The van der Waals surface area contributed by atoms with Crippen LogP contribution in [-0.2, 0) is 6.54 Å². The molecule has 1 fully saturated rings. The fourth-order valence-electron chi connectivity index (χ4n) is 2.34. The number of hydrogen-bond donors (Lipinski definition) is 6. The quantitative estimate of drug-likeness (QED) is 0.400. The molecule has 1 aromatic rings. The fourth-order valence-corrected chi connectivity index (χ4v) is 2.34. The first kappa shape index (κ1) is 15.4. The molecular weight excluding hydrogens is 260 g/mol. The summed E-state index contributed by atoms with van der Waals surface area (Å²) >= 11 is 0. The van der Waals surface area contributed by atoms with E-state index >= 15 is 0 Å². The second-order valence-electron chi connectivity index (χ2n) is 5.27. The van der Waals surface area contributed by atoms with Gasteiger partial charge in [-0.1, -0.05) is 29.8 Å². The Labute approximate surface area is 118 Å². The number of aryl methyl sites for hydroxylation is 1. The first-order valence-corrected chi connectivity index (χ1v) is 6.73. The van der Waals surface area contributed by atoms with Crippen LogP contribution < -0.4 is 10.6 Å². The lowest BCUT2D eigenvalue weighted by Gasteiger charge is -2.41. The Bertz CT molecular complexity index is 424. The lowest BCUT2D eigenvalue weighted by Crippen LogP contribution is -2.69. The van der Waals surface area contributed by atoms with E-state index in [-0.39, 0.29) is 6.61 Å². The zero-order valence-electron chi connectivity index (χ0n) is 11.4. The minimum Gasteiger partial charge on any atom is -0.395 e. The Morgan fingerprint density at radius 3 is 2.30 bits per heavy atom. The first-order chi connectivity index (χ1) is 9.52. The van der Waals surface area contributed by atoms with Gasteiger partial charge in [0.25, 0.3) is 0 Å². The lowest BCUT2D eigenvalue weighted by atomic mass is 9.94. The zero-order chi connectivity index (χ0) is 14.7. The van der Waals surface area contributed by atoms with Gasteiger partial charge in [-0.15, -0.1) is 0 Å². The summed E-state index contributed by atoms with van der Waals surface area (Å²) in [6.45, 7) is 2.21. The molecule has 1 aromatic carbocycles. The van der Waals surface area contributed by atoms with Gasteiger partial charge >= 0.3 is 0 Å². The molecule has 20 heavy (non-hydrogen) atoms. The smallest absolute Gasteiger partial charge is 0.111 e. The van der Waals surface area contributed by atoms with Crippen molar-refractivity contribution in [2.45, 2.75) is 44.0 Å². The summed E-state index contributed by atoms with van der Waals surface area (Å²) in [5, 5.41) is 44.5. The van der Waals surface area contributed by atoms with Crippen molar-refractivity contribution in [3.05, 3.63) is 35.4 Å². The van der Waals surface area contributed by atoms with Crippen LogP contribution in [0, 0.1) is 6.92 Å². The standard InChI is InChI=1S/C14H22N2O4/c1-8-2-4-9(5-3-8)6-15-14-13(20)12(19)11(18)10(7-17)16-14/h2-5,10-20H,6-7H2,1H3/t10?,11-,12+,13?,14-/m1/s1. The van der Waals surface area contributed by atoms with Crippen molar-refractivity contribution < 1.29 is 20.4 Å². The molecule has 0 radical (unpaired) electrons. The molecule has 0 spiro atoms. The highest BCUT2D eigenvalue weighted by Gasteiger charge is 2.41. The van der Waals surface area contributed by atoms with Gasteiger partial charge in [-0.3, -0.25) is 10.6 Å². The van der Waals surface area contributed by atoms with Gasteiger partial charge in [-0.05, 0) is 12.5 Å². The summed E-state index contributed by atoms with van der Waals surface area (Å²) in [5.41, 5.74) is 2.22. The number of aliphatic hydroxyl groups is 4. The van der Waals surface area contributed by atoms with E-state index in [1.807, 2.05) is 31.2 Å². The van der Waals surface area contributed by atoms with Crippen LogP contribution in [0.2, 0.25) is 0 Å². The van der Waals surface area contributed by atoms with E-state index in [4.69, 9.17) is 5.11 Å². The summed E-state index contributed by atoms with van der Waals surface area (Å²) in [4.78, 5) is 0. The molecule has 6 N–H and O–H groups in total. The average molecular weight is 282 g/mol. The van der Waals surface area contributed by atoms with Crippen LogP contribution in [0.1, 0.15) is 11.1 Å². The molecule has 0 saturated carbocycles. The highest BCUT2D eigenvalue weighted by Crippen LogP contribution is 2.14. The largest absolute Gasteiger partial charge is 0.395 e. The van der Waals surface area contributed by atoms with Crippen molar-refractivity contribution in [1.29, 1.82) is 0 Å². The number of nitrogens with one attached hydrogen (secondary N) is 2. The van der Waals surface area contributed by atoms with Gasteiger partial charge in [-0.2, -0.15) is 0 Å². The van der Waals surface area contributed by atoms with E-state index in [1.54, 1.807) is 0 Å². The van der Waals surface area contributed by atoms with Crippen LogP contribution in [0.4, 0.5) is 0 Å². The minimum absolute atomic E-state index is 0.312. The fraction of sp³-hybridized carbons (Fsp3) is 0.571. The molecule has 0 amide bonds. The van der Waals surface area contributed by atoms with Gasteiger partial charge in [0.05, 0.1) is 18.8 Å². The lowest BCUT2D eigenvalue weighted by molar-refractivity contribution is -0.124. The number of hydrogen-bond acceptors (Lipinski definition) is 6.